The van der Waals surface area contributed by atoms with Crippen molar-refractivity contribution in [2.75, 3.05) is 13.2 Å². The highest BCUT2D eigenvalue weighted by molar-refractivity contribution is 5.78. The van der Waals surface area contributed by atoms with Gasteiger partial charge in [-0.3, -0.25) is 4.79 Å². The Kier molecular flexibility index (Phi) is 9.22. The Hall–Kier alpha value is -1.78. The van der Waals surface area contributed by atoms with Gasteiger partial charge in [0, 0.05) is 0 Å². The van der Waals surface area contributed by atoms with Crippen LogP contribution in [0, 0.1) is 0 Å². The van der Waals surface area contributed by atoms with Gasteiger partial charge in [0.2, 0.25) is 0 Å². The molecule has 1 amide bonds. The second kappa shape index (κ2) is 10.0. The minimum atomic E-state index is -0.627. The topological polar surface area (TPSA) is 64.6 Å². The molecule has 5 heteroatoms. The van der Waals surface area contributed by atoms with Crippen LogP contribution in [0.4, 0.5) is 4.79 Å². The van der Waals surface area contributed by atoms with Gasteiger partial charge in [0.1, 0.15) is 18.8 Å². The summed E-state index contributed by atoms with van der Waals surface area (Å²) < 4.78 is 10.0. The van der Waals surface area contributed by atoms with E-state index in [-0.39, 0.29) is 13.2 Å². The third kappa shape index (κ3) is 13.2. The second-order valence-electron chi connectivity index (χ2n) is 6.41. The molecule has 5 nitrogen and oxygen atoms in total. The first-order valence-corrected chi connectivity index (χ1v) is 7.51. The lowest BCUT2D eigenvalue weighted by atomic mass is 10.1. The fraction of sp³-hybridized carbons (Fsp3) is 0.647. The number of allylic oxidation sites excluding steroid dienone is 3. The average Bonchev–Trinajstić information content (AvgIpc) is 2.34. The molecule has 0 fully saturated rings. The SMILES string of the molecule is CC(C)=CCC/C(C)=C/COC(=O)CNC(=O)OC(C)(C)C. The summed E-state index contributed by atoms with van der Waals surface area (Å²) >= 11 is 0. The number of carbonyl (C=O) groups is 2. The molecule has 0 aliphatic heterocycles. The van der Waals surface area contributed by atoms with E-state index in [1.165, 1.54) is 11.1 Å². The Morgan fingerprint density at radius 3 is 2.27 bits per heavy atom. The Balaban J connectivity index is 3.90. The van der Waals surface area contributed by atoms with Gasteiger partial charge < -0.3 is 14.8 Å². The molecule has 1 N–H and O–H groups in total. The van der Waals surface area contributed by atoms with Gasteiger partial charge in [0.25, 0.3) is 0 Å². The van der Waals surface area contributed by atoms with Crippen LogP contribution in [0.5, 0.6) is 0 Å². The number of esters is 1. The molecule has 0 aromatic rings. The minimum Gasteiger partial charge on any atom is -0.460 e. The standard InChI is InChI=1S/C17H29NO4/c1-13(2)8-7-9-14(3)10-11-21-15(19)12-18-16(20)22-17(4,5)6/h8,10H,7,9,11-12H2,1-6H3,(H,18,20)/b14-10+. The summed E-state index contributed by atoms with van der Waals surface area (Å²) in [5.41, 5.74) is 1.89. The molecule has 0 saturated carbocycles. The summed E-state index contributed by atoms with van der Waals surface area (Å²) in [5, 5.41) is 2.36. The maximum Gasteiger partial charge on any atom is 0.408 e. The number of amides is 1. The van der Waals surface area contributed by atoms with E-state index in [1.807, 2.05) is 13.0 Å². The lowest BCUT2D eigenvalue weighted by molar-refractivity contribution is -0.141. The summed E-state index contributed by atoms with van der Waals surface area (Å²) in [6.07, 6.45) is 5.36. The van der Waals surface area contributed by atoms with E-state index in [0.717, 1.165) is 12.8 Å². The molecule has 22 heavy (non-hydrogen) atoms. The molecule has 0 unspecified atom stereocenters. The number of nitrogens with one attached hydrogen (secondary N) is 1. The highest BCUT2D eigenvalue weighted by atomic mass is 16.6. The average molecular weight is 311 g/mol. The van der Waals surface area contributed by atoms with Crippen molar-refractivity contribution in [1.29, 1.82) is 0 Å². The molecule has 0 atom stereocenters. The zero-order chi connectivity index (χ0) is 17.2. The van der Waals surface area contributed by atoms with Crippen LogP contribution in [-0.4, -0.2) is 30.8 Å². The fourth-order valence-electron chi connectivity index (χ4n) is 1.48. The minimum absolute atomic E-state index is 0.195. The van der Waals surface area contributed by atoms with Crippen LogP contribution >= 0.6 is 0 Å². The summed E-state index contributed by atoms with van der Waals surface area (Å²) in [7, 11) is 0. The zero-order valence-electron chi connectivity index (χ0n) is 14.6. The van der Waals surface area contributed by atoms with Crippen molar-refractivity contribution in [3.63, 3.8) is 0 Å². The van der Waals surface area contributed by atoms with Gasteiger partial charge in [-0.1, -0.05) is 17.2 Å². The van der Waals surface area contributed by atoms with Crippen LogP contribution in [0.1, 0.15) is 54.4 Å². The van der Waals surface area contributed by atoms with Crippen molar-refractivity contribution in [1.82, 2.24) is 5.32 Å². The van der Waals surface area contributed by atoms with E-state index in [4.69, 9.17) is 9.47 Å². The van der Waals surface area contributed by atoms with E-state index in [2.05, 4.69) is 25.2 Å². The monoisotopic (exact) mass is 311 g/mol. The predicted molar refractivity (Wildman–Crippen MR) is 87.6 cm³/mol. The highest BCUT2D eigenvalue weighted by Crippen LogP contribution is 2.07. The Bertz CT molecular complexity index is 426. The summed E-state index contributed by atoms with van der Waals surface area (Å²) in [4.78, 5) is 22.8. The Morgan fingerprint density at radius 1 is 1.09 bits per heavy atom. The first kappa shape index (κ1) is 20.2. The molecule has 0 bridgehead atoms. The van der Waals surface area contributed by atoms with E-state index in [1.54, 1.807) is 20.8 Å². The van der Waals surface area contributed by atoms with Gasteiger partial charge in [-0.05, 0) is 60.5 Å². The third-order valence-corrected chi connectivity index (χ3v) is 2.54. The molecule has 0 rings (SSSR count). The van der Waals surface area contributed by atoms with Gasteiger partial charge >= 0.3 is 12.1 Å². The number of hydrogen-bond acceptors (Lipinski definition) is 4. The van der Waals surface area contributed by atoms with Crippen LogP contribution in [0.3, 0.4) is 0 Å². The molecule has 0 aliphatic rings. The van der Waals surface area contributed by atoms with E-state index in [0.29, 0.717) is 0 Å². The predicted octanol–water partition coefficient (Wildman–Crippen LogP) is 3.75. The van der Waals surface area contributed by atoms with Gasteiger partial charge in [-0.2, -0.15) is 0 Å². The summed E-state index contributed by atoms with van der Waals surface area (Å²) in [5.74, 6) is -0.487. The largest absolute Gasteiger partial charge is 0.460 e. The quantitative estimate of drug-likeness (QED) is 0.574. The Morgan fingerprint density at radius 2 is 1.73 bits per heavy atom. The van der Waals surface area contributed by atoms with E-state index in [9.17, 15) is 9.59 Å². The highest BCUT2D eigenvalue weighted by Gasteiger charge is 2.16. The van der Waals surface area contributed by atoms with Crippen molar-refractivity contribution in [3.8, 4) is 0 Å². The van der Waals surface area contributed by atoms with Gasteiger partial charge in [0.05, 0.1) is 0 Å². The summed E-state index contributed by atoms with van der Waals surface area (Å²) in [6, 6.07) is 0. The first-order chi connectivity index (χ1) is 10.1. The smallest absolute Gasteiger partial charge is 0.408 e. The van der Waals surface area contributed by atoms with Crippen molar-refractivity contribution < 1.29 is 19.1 Å². The molecular formula is C17H29NO4. The van der Waals surface area contributed by atoms with Crippen LogP contribution in [-0.2, 0) is 14.3 Å². The zero-order valence-corrected chi connectivity index (χ0v) is 14.6. The second-order valence-corrected chi connectivity index (χ2v) is 6.41. The van der Waals surface area contributed by atoms with Crippen molar-refractivity contribution in [2.45, 2.75) is 60.0 Å². The van der Waals surface area contributed by atoms with Crippen molar-refractivity contribution in [3.05, 3.63) is 23.3 Å². The molecule has 126 valence electrons. The van der Waals surface area contributed by atoms with Crippen LogP contribution < -0.4 is 5.32 Å². The number of ether oxygens (including phenoxy) is 2. The van der Waals surface area contributed by atoms with Crippen LogP contribution in [0.15, 0.2) is 23.3 Å². The lowest BCUT2D eigenvalue weighted by Gasteiger charge is -2.19. The van der Waals surface area contributed by atoms with Gasteiger partial charge in [-0.15, -0.1) is 0 Å². The maximum absolute atomic E-state index is 11.5. The first-order valence-electron chi connectivity index (χ1n) is 7.51. The van der Waals surface area contributed by atoms with Crippen molar-refractivity contribution in [2.24, 2.45) is 0 Å². The Labute approximate surface area is 133 Å². The van der Waals surface area contributed by atoms with Crippen molar-refractivity contribution >= 4 is 12.1 Å². The normalized spacial score (nSPS) is 11.6. The van der Waals surface area contributed by atoms with Gasteiger partial charge in [0.15, 0.2) is 0 Å². The van der Waals surface area contributed by atoms with E-state index < -0.39 is 17.7 Å². The van der Waals surface area contributed by atoms with Crippen LogP contribution in [0.2, 0.25) is 0 Å². The van der Waals surface area contributed by atoms with Crippen LogP contribution in [0.25, 0.3) is 0 Å². The molecule has 0 aromatic carbocycles. The van der Waals surface area contributed by atoms with Gasteiger partial charge in [-0.25, -0.2) is 4.79 Å². The fourth-order valence-corrected chi connectivity index (χ4v) is 1.48. The molecular weight excluding hydrogens is 282 g/mol. The maximum atomic E-state index is 11.5. The number of carbonyl (C=O) groups excluding carboxylic acids is 2. The number of rotatable bonds is 7. The molecule has 0 saturated heterocycles. The molecule has 0 aromatic heterocycles. The molecule has 0 heterocycles. The lowest BCUT2D eigenvalue weighted by Crippen LogP contribution is -2.36. The number of hydrogen-bond donors (Lipinski definition) is 1. The molecule has 0 spiro atoms. The van der Waals surface area contributed by atoms with E-state index >= 15 is 0 Å². The third-order valence-electron chi connectivity index (χ3n) is 2.54. The summed E-state index contributed by atoms with van der Waals surface area (Å²) in [6.45, 7) is 11.4. The number of alkyl carbamates (subject to hydrolysis) is 1. The molecule has 0 aliphatic carbocycles. The molecule has 0 radical (unpaired) electrons.